The molecule has 0 bridgehead atoms. The quantitative estimate of drug-likeness (QED) is 0.600. The highest BCUT2D eigenvalue weighted by Gasteiger charge is 1.97. The van der Waals surface area contributed by atoms with Crippen LogP contribution in [0, 0.1) is 0 Å². The summed E-state index contributed by atoms with van der Waals surface area (Å²) in [5, 5.41) is 0.715. The molecular formula is C6H9N3OS. The monoisotopic (exact) mass is 171 g/mol. The molecule has 1 aromatic rings. The third-order valence-corrected chi connectivity index (χ3v) is 2.03. The number of nitrogens with zero attached hydrogens (tertiary/aromatic N) is 3. The van der Waals surface area contributed by atoms with E-state index >= 15 is 0 Å². The van der Waals surface area contributed by atoms with E-state index < -0.39 is 5.69 Å². The molecule has 0 aromatic carbocycles. The zero-order valence-corrected chi connectivity index (χ0v) is 7.26. The maximum Gasteiger partial charge on any atom is 0.370 e. The molecule has 0 aliphatic carbocycles. The van der Waals surface area contributed by atoms with Gasteiger partial charge in [0.05, 0.1) is 0 Å². The third kappa shape index (κ3) is 2.04. The Morgan fingerprint density at radius 2 is 2.45 bits per heavy atom. The van der Waals surface area contributed by atoms with Gasteiger partial charge in [-0.1, -0.05) is 18.7 Å². The molecule has 0 aliphatic heterocycles. The molecule has 0 radical (unpaired) electrons. The van der Waals surface area contributed by atoms with Crippen molar-refractivity contribution in [2.24, 2.45) is 7.05 Å². The summed E-state index contributed by atoms with van der Waals surface area (Å²) >= 11 is 1.53. The Balaban J connectivity index is 3.02. The molecule has 1 heterocycles. The van der Waals surface area contributed by atoms with Gasteiger partial charge in [-0.3, -0.25) is 0 Å². The van der Waals surface area contributed by atoms with Crippen LogP contribution in [0.1, 0.15) is 6.92 Å². The van der Waals surface area contributed by atoms with E-state index in [1.807, 2.05) is 14.0 Å². The fourth-order valence-corrected chi connectivity index (χ4v) is 1.29. The molecule has 0 spiro atoms. The number of hydrogen-bond donors (Lipinski definition) is 0. The summed E-state index contributed by atoms with van der Waals surface area (Å²) in [6.07, 6.45) is 1.48. The lowest BCUT2D eigenvalue weighted by atomic mass is 10.9. The van der Waals surface area contributed by atoms with E-state index in [9.17, 15) is 4.79 Å². The second-order valence-corrected chi connectivity index (χ2v) is 3.20. The number of hydrogen-bond acceptors (Lipinski definition) is 4. The smallest absolute Gasteiger partial charge is 0.314 e. The molecule has 0 amide bonds. The van der Waals surface area contributed by atoms with Crippen molar-refractivity contribution in [1.29, 1.82) is 0 Å². The lowest BCUT2D eigenvalue weighted by Gasteiger charge is -2.01. The Bertz CT molecular complexity index is 296. The van der Waals surface area contributed by atoms with Gasteiger partial charge in [-0.2, -0.15) is 9.97 Å². The Labute approximate surface area is 68.7 Å². The summed E-state index contributed by atoms with van der Waals surface area (Å²) in [6, 6.07) is 0. The average molecular weight is 171 g/mol. The molecule has 5 heteroatoms. The topological polar surface area (TPSA) is 47.8 Å². The maximum atomic E-state index is 10.7. The lowest BCUT2D eigenvalue weighted by Crippen LogP contribution is -2.15. The van der Waals surface area contributed by atoms with Crippen LogP contribution in [0.2, 0.25) is 0 Å². The molecule has 11 heavy (non-hydrogen) atoms. The van der Waals surface area contributed by atoms with E-state index in [0.29, 0.717) is 5.16 Å². The second kappa shape index (κ2) is 3.52. The summed E-state index contributed by atoms with van der Waals surface area (Å²) in [5.41, 5.74) is -0.418. The molecule has 4 nitrogen and oxygen atoms in total. The molecular weight excluding hydrogens is 162 g/mol. The van der Waals surface area contributed by atoms with Crippen LogP contribution in [0.15, 0.2) is 16.3 Å². The van der Waals surface area contributed by atoms with E-state index in [1.165, 1.54) is 18.1 Å². The fourth-order valence-electron chi connectivity index (χ4n) is 0.638. The second-order valence-electron chi connectivity index (χ2n) is 1.97. The van der Waals surface area contributed by atoms with E-state index in [1.54, 1.807) is 4.57 Å². The predicted molar refractivity (Wildman–Crippen MR) is 43.7 cm³/mol. The van der Waals surface area contributed by atoms with Crippen molar-refractivity contribution in [3.63, 3.8) is 0 Å². The molecule has 0 saturated heterocycles. The van der Waals surface area contributed by atoms with Crippen molar-refractivity contribution >= 4 is 11.8 Å². The van der Waals surface area contributed by atoms with Gasteiger partial charge in [-0.15, -0.1) is 0 Å². The van der Waals surface area contributed by atoms with E-state index in [0.717, 1.165) is 5.75 Å². The van der Waals surface area contributed by atoms with Gasteiger partial charge in [0.15, 0.2) is 5.16 Å². The minimum absolute atomic E-state index is 0.418. The van der Waals surface area contributed by atoms with Gasteiger partial charge in [0.2, 0.25) is 0 Å². The predicted octanol–water partition coefficient (Wildman–Crippen LogP) is 0.287. The highest BCUT2D eigenvalue weighted by Crippen LogP contribution is 2.09. The molecule has 0 unspecified atom stereocenters. The van der Waals surface area contributed by atoms with Gasteiger partial charge in [-0.25, -0.2) is 4.79 Å². The zero-order chi connectivity index (χ0) is 8.27. The van der Waals surface area contributed by atoms with E-state index in [2.05, 4.69) is 9.97 Å². The van der Waals surface area contributed by atoms with Crippen LogP contribution >= 0.6 is 11.8 Å². The largest absolute Gasteiger partial charge is 0.370 e. The zero-order valence-electron chi connectivity index (χ0n) is 6.44. The van der Waals surface area contributed by atoms with Crippen molar-refractivity contribution in [1.82, 2.24) is 14.5 Å². The minimum atomic E-state index is -0.418. The molecule has 1 rings (SSSR count). The molecule has 1 aromatic heterocycles. The van der Waals surface area contributed by atoms with Crippen molar-refractivity contribution < 1.29 is 0 Å². The van der Waals surface area contributed by atoms with Gasteiger partial charge in [0.25, 0.3) is 0 Å². The lowest BCUT2D eigenvalue weighted by molar-refractivity contribution is 0.688. The fraction of sp³-hybridized carbons (Fsp3) is 0.500. The number of aromatic nitrogens is 3. The summed E-state index contributed by atoms with van der Waals surface area (Å²) in [5.74, 6) is 0.907. The van der Waals surface area contributed by atoms with Crippen molar-refractivity contribution in [3.8, 4) is 0 Å². The van der Waals surface area contributed by atoms with Crippen LogP contribution in [-0.4, -0.2) is 20.3 Å². The van der Waals surface area contributed by atoms with Gasteiger partial charge in [0, 0.05) is 7.05 Å². The summed E-state index contributed by atoms with van der Waals surface area (Å²) in [4.78, 5) is 17.9. The molecule has 0 fully saturated rings. The first kappa shape index (κ1) is 8.26. The highest BCUT2D eigenvalue weighted by atomic mass is 32.2. The van der Waals surface area contributed by atoms with Crippen LogP contribution in [-0.2, 0) is 7.05 Å². The Kier molecular flexibility index (Phi) is 2.64. The van der Waals surface area contributed by atoms with E-state index in [-0.39, 0.29) is 0 Å². The Morgan fingerprint density at radius 3 is 3.09 bits per heavy atom. The molecule has 0 saturated carbocycles. The average Bonchev–Trinajstić information content (AvgIpc) is 1.98. The van der Waals surface area contributed by atoms with Crippen LogP contribution in [0.5, 0.6) is 0 Å². The van der Waals surface area contributed by atoms with Crippen molar-refractivity contribution in [2.75, 3.05) is 5.75 Å². The number of thioether (sulfide) groups is 1. The minimum Gasteiger partial charge on any atom is -0.314 e. The van der Waals surface area contributed by atoms with Gasteiger partial charge in [-0.05, 0) is 5.75 Å². The van der Waals surface area contributed by atoms with Gasteiger partial charge in [0.1, 0.15) is 6.33 Å². The molecule has 60 valence electrons. The summed E-state index contributed by atoms with van der Waals surface area (Å²) in [7, 11) is 1.82. The van der Waals surface area contributed by atoms with Gasteiger partial charge >= 0.3 is 5.69 Å². The van der Waals surface area contributed by atoms with Crippen LogP contribution < -0.4 is 5.69 Å². The summed E-state index contributed by atoms with van der Waals surface area (Å²) < 4.78 is 1.73. The van der Waals surface area contributed by atoms with Crippen molar-refractivity contribution in [2.45, 2.75) is 12.1 Å². The van der Waals surface area contributed by atoms with Crippen LogP contribution in [0.3, 0.4) is 0 Å². The summed E-state index contributed by atoms with van der Waals surface area (Å²) in [6.45, 7) is 2.01. The SMILES string of the molecule is CCSc1nc(=O)ncn1C. The highest BCUT2D eigenvalue weighted by molar-refractivity contribution is 7.99. The Morgan fingerprint density at radius 1 is 1.73 bits per heavy atom. The Hall–Kier alpha value is -0.840. The van der Waals surface area contributed by atoms with Crippen LogP contribution in [0.25, 0.3) is 0 Å². The van der Waals surface area contributed by atoms with Crippen LogP contribution in [0.4, 0.5) is 0 Å². The van der Waals surface area contributed by atoms with Gasteiger partial charge < -0.3 is 4.57 Å². The number of aryl methyl sites for hydroxylation is 1. The first-order valence-electron chi connectivity index (χ1n) is 3.26. The molecule has 0 aliphatic rings. The first-order chi connectivity index (χ1) is 5.24. The third-order valence-electron chi connectivity index (χ3n) is 1.11. The standard InChI is InChI=1S/C6H9N3OS/c1-3-11-6-8-5(10)7-4-9(6)2/h4H,3H2,1-2H3. The van der Waals surface area contributed by atoms with E-state index in [4.69, 9.17) is 0 Å². The number of rotatable bonds is 2. The molecule has 0 atom stereocenters. The van der Waals surface area contributed by atoms with Crippen molar-refractivity contribution in [3.05, 3.63) is 16.8 Å². The first-order valence-corrected chi connectivity index (χ1v) is 4.25. The normalized spacial score (nSPS) is 10.0. The maximum absolute atomic E-state index is 10.7. The molecule has 0 N–H and O–H groups in total.